The summed E-state index contributed by atoms with van der Waals surface area (Å²) in [7, 11) is 0. The fraction of sp³-hybridized carbons (Fsp3) is 0.875. The molecule has 0 bridgehead atoms. The van der Waals surface area contributed by atoms with Crippen molar-refractivity contribution in [3.63, 3.8) is 0 Å². The standard InChI is InChI=1S/C24H46N2O8/c1-20(2)22(27)6-5-9-25-23(28)7-11-30-14-16-32-18-19-33-17-15-31-12-8-24(29)26-10-13-34-21(3)4/h20-21H,5-19H2,1-4H3,(H,25,28)(H,26,29). The minimum absolute atomic E-state index is 0.0450. The van der Waals surface area contributed by atoms with E-state index in [0.29, 0.717) is 91.8 Å². The van der Waals surface area contributed by atoms with Crippen LogP contribution in [0.25, 0.3) is 0 Å². The normalized spacial score (nSPS) is 11.2. The van der Waals surface area contributed by atoms with E-state index in [1.807, 2.05) is 27.7 Å². The van der Waals surface area contributed by atoms with Gasteiger partial charge in [0.25, 0.3) is 0 Å². The number of amides is 2. The Morgan fingerprint density at radius 3 is 1.47 bits per heavy atom. The summed E-state index contributed by atoms with van der Waals surface area (Å²) < 4.78 is 26.9. The molecular weight excluding hydrogens is 444 g/mol. The van der Waals surface area contributed by atoms with Crippen molar-refractivity contribution in [3.8, 4) is 0 Å². The van der Waals surface area contributed by atoms with Crippen molar-refractivity contribution in [2.75, 3.05) is 72.6 Å². The molecule has 2 amide bonds. The Morgan fingerprint density at radius 1 is 0.588 bits per heavy atom. The average Bonchev–Trinajstić information content (AvgIpc) is 2.79. The van der Waals surface area contributed by atoms with Crippen molar-refractivity contribution in [2.45, 2.75) is 59.5 Å². The quantitative estimate of drug-likeness (QED) is 0.195. The third-order valence-electron chi connectivity index (χ3n) is 4.50. The number of carbonyl (C=O) groups excluding carboxylic acids is 3. The summed E-state index contributed by atoms with van der Waals surface area (Å²) in [5, 5.41) is 5.56. The second kappa shape index (κ2) is 23.2. The Balaban J connectivity index is 3.27. The SMILES string of the molecule is CC(C)OCCNC(=O)CCOCCOCCOCCOCCC(=O)NCCCC(=O)C(C)C. The highest BCUT2D eigenvalue weighted by molar-refractivity contribution is 5.80. The molecular formula is C24H46N2O8. The molecule has 0 aliphatic heterocycles. The Hall–Kier alpha value is -1.59. The van der Waals surface area contributed by atoms with Crippen LogP contribution in [0.3, 0.4) is 0 Å². The van der Waals surface area contributed by atoms with Crippen molar-refractivity contribution in [3.05, 3.63) is 0 Å². The summed E-state index contributed by atoms with van der Waals surface area (Å²) in [5.41, 5.74) is 0. The summed E-state index contributed by atoms with van der Waals surface area (Å²) in [6.07, 6.45) is 1.92. The van der Waals surface area contributed by atoms with Crippen LogP contribution in [0.4, 0.5) is 0 Å². The van der Waals surface area contributed by atoms with Gasteiger partial charge in [-0.05, 0) is 20.3 Å². The molecule has 0 fully saturated rings. The van der Waals surface area contributed by atoms with Crippen LogP contribution in [-0.2, 0) is 38.1 Å². The number of hydrogen-bond donors (Lipinski definition) is 2. The first kappa shape index (κ1) is 32.4. The highest BCUT2D eigenvalue weighted by Gasteiger charge is 2.07. The fourth-order valence-electron chi connectivity index (χ4n) is 2.53. The summed E-state index contributed by atoms with van der Waals surface area (Å²) in [4.78, 5) is 34.7. The largest absolute Gasteiger partial charge is 0.379 e. The lowest BCUT2D eigenvalue weighted by Crippen LogP contribution is -2.28. The molecule has 0 atom stereocenters. The predicted molar refractivity (Wildman–Crippen MR) is 129 cm³/mol. The van der Waals surface area contributed by atoms with Gasteiger partial charge >= 0.3 is 0 Å². The Kier molecular flexibility index (Phi) is 22.1. The lowest BCUT2D eigenvalue weighted by Gasteiger charge is -2.09. The molecule has 0 aliphatic carbocycles. The third-order valence-corrected chi connectivity index (χ3v) is 4.50. The van der Waals surface area contributed by atoms with Gasteiger partial charge in [0.05, 0.1) is 65.6 Å². The molecule has 2 N–H and O–H groups in total. The highest BCUT2D eigenvalue weighted by Crippen LogP contribution is 2.00. The van der Waals surface area contributed by atoms with Gasteiger partial charge < -0.3 is 34.3 Å². The van der Waals surface area contributed by atoms with Crippen LogP contribution in [-0.4, -0.2) is 96.3 Å². The van der Waals surface area contributed by atoms with E-state index in [9.17, 15) is 14.4 Å². The van der Waals surface area contributed by atoms with Crippen LogP contribution < -0.4 is 10.6 Å². The Bertz CT molecular complexity index is 529. The van der Waals surface area contributed by atoms with E-state index < -0.39 is 0 Å². The number of carbonyl (C=O) groups is 3. The summed E-state index contributed by atoms with van der Waals surface area (Å²) in [5.74, 6) is 0.130. The number of Topliss-reactive ketones (excluding diaryl/α,β-unsaturated/α-hetero) is 1. The maximum absolute atomic E-state index is 11.7. The Morgan fingerprint density at radius 2 is 1.03 bits per heavy atom. The van der Waals surface area contributed by atoms with Crippen LogP contribution in [0.15, 0.2) is 0 Å². The first-order valence-corrected chi connectivity index (χ1v) is 12.3. The third kappa shape index (κ3) is 23.6. The van der Waals surface area contributed by atoms with Gasteiger partial charge in [0.2, 0.25) is 11.8 Å². The zero-order valence-electron chi connectivity index (χ0n) is 21.5. The molecule has 0 aromatic carbocycles. The smallest absolute Gasteiger partial charge is 0.222 e. The van der Waals surface area contributed by atoms with Gasteiger partial charge in [-0.2, -0.15) is 0 Å². The van der Waals surface area contributed by atoms with Gasteiger partial charge in [0.1, 0.15) is 5.78 Å². The summed E-state index contributed by atoms with van der Waals surface area (Å²) in [6.45, 7) is 12.4. The van der Waals surface area contributed by atoms with E-state index in [-0.39, 0.29) is 36.0 Å². The zero-order chi connectivity index (χ0) is 25.4. The number of rotatable bonds is 24. The lowest BCUT2D eigenvalue weighted by molar-refractivity contribution is -0.124. The molecule has 0 rings (SSSR count). The van der Waals surface area contributed by atoms with Crippen molar-refractivity contribution in [2.24, 2.45) is 5.92 Å². The van der Waals surface area contributed by atoms with Gasteiger partial charge in [0, 0.05) is 38.3 Å². The zero-order valence-corrected chi connectivity index (χ0v) is 21.5. The van der Waals surface area contributed by atoms with Gasteiger partial charge in [-0.3, -0.25) is 14.4 Å². The summed E-state index contributed by atoms with van der Waals surface area (Å²) >= 11 is 0. The van der Waals surface area contributed by atoms with E-state index in [0.717, 1.165) is 0 Å². The van der Waals surface area contributed by atoms with Gasteiger partial charge in [-0.25, -0.2) is 0 Å². The molecule has 0 unspecified atom stereocenters. The van der Waals surface area contributed by atoms with Gasteiger partial charge in [0.15, 0.2) is 0 Å². The van der Waals surface area contributed by atoms with E-state index in [1.165, 1.54) is 0 Å². The molecule has 0 aromatic heterocycles. The van der Waals surface area contributed by atoms with E-state index in [1.54, 1.807) is 0 Å². The van der Waals surface area contributed by atoms with Crippen LogP contribution in [0, 0.1) is 5.92 Å². The number of hydrogen-bond acceptors (Lipinski definition) is 8. The van der Waals surface area contributed by atoms with Crippen LogP contribution in [0.2, 0.25) is 0 Å². The molecule has 0 spiro atoms. The van der Waals surface area contributed by atoms with Crippen LogP contribution in [0.1, 0.15) is 53.4 Å². The number of ether oxygens (including phenoxy) is 5. The molecule has 0 saturated carbocycles. The first-order chi connectivity index (χ1) is 16.3. The maximum Gasteiger partial charge on any atom is 0.222 e. The second-order valence-corrected chi connectivity index (χ2v) is 8.29. The average molecular weight is 491 g/mol. The summed E-state index contributed by atoms with van der Waals surface area (Å²) in [6, 6.07) is 0. The van der Waals surface area contributed by atoms with Gasteiger partial charge in [-0.1, -0.05) is 13.8 Å². The van der Waals surface area contributed by atoms with E-state index in [2.05, 4.69) is 10.6 Å². The second-order valence-electron chi connectivity index (χ2n) is 8.29. The first-order valence-electron chi connectivity index (χ1n) is 12.3. The van der Waals surface area contributed by atoms with Crippen molar-refractivity contribution >= 4 is 17.6 Å². The molecule has 0 aromatic rings. The Labute approximate surface area is 204 Å². The molecule has 0 aliphatic rings. The number of nitrogens with one attached hydrogen (secondary N) is 2. The topological polar surface area (TPSA) is 121 Å². The van der Waals surface area contributed by atoms with Crippen molar-refractivity contribution in [1.29, 1.82) is 0 Å². The molecule has 0 saturated heterocycles. The minimum Gasteiger partial charge on any atom is -0.379 e. The molecule has 34 heavy (non-hydrogen) atoms. The van der Waals surface area contributed by atoms with Crippen molar-refractivity contribution < 1.29 is 38.1 Å². The molecule has 0 heterocycles. The molecule has 10 nitrogen and oxygen atoms in total. The van der Waals surface area contributed by atoms with Crippen molar-refractivity contribution in [1.82, 2.24) is 10.6 Å². The van der Waals surface area contributed by atoms with E-state index >= 15 is 0 Å². The molecule has 10 heteroatoms. The van der Waals surface area contributed by atoms with Crippen LogP contribution >= 0.6 is 0 Å². The number of ketones is 1. The van der Waals surface area contributed by atoms with Crippen LogP contribution in [0.5, 0.6) is 0 Å². The minimum atomic E-state index is -0.0783. The lowest BCUT2D eigenvalue weighted by atomic mass is 10.0. The monoisotopic (exact) mass is 490 g/mol. The fourth-order valence-corrected chi connectivity index (χ4v) is 2.53. The molecule has 0 radical (unpaired) electrons. The van der Waals surface area contributed by atoms with E-state index in [4.69, 9.17) is 23.7 Å². The maximum atomic E-state index is 11.7. The predicted octanol–water partition coefficient (Wildman–Crippen LogP) is 1.50. The highest BCUT2D eigenvalue weighted by atomic mass is 16.6. The van der Waals surface area contributed by atoms with Gasteiger partial charge in [-0.15, -0.1) is 0 Å². The molecule has 200 valence electrons.